The van der Waals surface area contributed by atoms with E-state index in [1.807, 2.05) is 0 Å². The number of anilines is 1. The first-order chi connectivity index (χ1) is 9.10. The Morgan fingerprint density at radius 1 is 1.53 bits per heavy atom. The molecule has 0 bridgehead atoms. The van der Waals surface area contributed by atoms with E-state index >= 15 is 0 Å². The standard InChI is InChI=1S/C14H18N2O2S/c1-18-12-8-10(14(15)19)5-6-11(12)16-13(17)7-9-3-2-4-9/h5-6,8-9H,2-4,7H2,1H3,(H2,15,19)(H,16,17). The minimum atomic E-state index is 0.0334. The van der Waals surface area contributed by atoms with Gasteiger partial charge in [0.1, 0.15) is 10.7 Å². The number of hydrogen-bond donors (Lipinski definition) is 2. The third kappa shape index (κ3) is 3.44. The highest BCUT2D eigenvalue weighted by Crippen LogP contribution is 2.31. The number of rotatable bonds is 5. The van der Waals surface area contributed by atoms with Gasteiger partial charge >= 0.3 is 0 Å². The lowest BCUT2D eigenvalue weighted by molar-refractivity contribution is -0.117. The molecule has 3 N–H and O–H groups in total. The zero-order valence-electron chi connectivity index (χ0n) is 10.9. The van der Waals surface area contributed by atoms with E-state index in [0.717, 1.165) is 18.4 Å². The fourth-order valence-electron chi connectivity index (χ4n) is 2.11. The minimum absolute atomic E-state index is 0.0334. The molecule has 19 heavy (non-hydrogen) atoms. The van der Waals surface area contributed by atoms with Crippen LogP contribution >= 0.6 is 12.2 Å². The topological polar surface area (TPSA) is 64.3 Å². The molecule has 5 heteroatoms. The molecule has 0 aromatic heterocycles. The molecule has 102 valence electrons. The number of benzene rings is 1. The highest BCUT2D eigenvalue weighted by atomic mass is 32.1. The quantitative estimate of drug-likeness (QED) is 0.812. The van der Waals surface area contributed by atoms with E-state index in [0.29, 0.717) is 28.8 Å². The average Bonchev–Trinajstić information content (AvgIpc) is 2.34. The lowest BCUT2D eigenvalue weighted by Gasteiger charge is -2.24. The molecular weight excluding hydrogens is 260 g/mol. The molecule has 1 amide bonds. The van der Waals surface area contributed by atoms with Gasteiger partial charge in [-0.25, -0.2) is 0 Å². The van der Waals surface area contributed by atoms with Gasteiger partial charge in [-0.05, 0) is 37.0 Å². The van der Waals surface area contributed by atoms with Crippen LogP contribution in [0, 0.1) is 5.92 Å². The number of nitrogens with two attached hydrogens (primary N) is 1. The molecule has 0 saturated heterocycles. The van der Waals surface area contributed by atoms with Crippen molar-refractivity contribution >= 4 is 28.8 Å². The first-order valence-corrected chi connectivity index (χ1v) is 6.78. The molecule has 0 heterocycles. The number of hydrogen-bond acceptors (Lipinski definition) is 3. The Balaban J connectivity index is 2.06. The molecule has 1 aromatic rings. The largest absolute Gasteiger partial charge is 0.495 e. The summed E-state index contributed by atoms with van der Waals surface area (Å²) in [5, 5.41) is 2.88. The van der Waals surface area contributed by atoms with Gasteiger partial charge in [-0.15, -0.1) is 0 Å². The first kappa shape index (κ1) is 13.8. The van der Waals surface area contributed by atoms with Crippen LogP contribution in [0.3, 0.4) is 0 Å². The maximum atomic E-state index is 11.9. The van der Waals surface area contributed by atoms with Crippen LogP contribution in [0.15, 0.2) is 18.2 Å². The summed E-state index contributed by atoms with van der Waals surface area (Å²) >= 11 is 4.92. The zero-order chi connectivity index (χ0) is 13.8. The van der Waals surface area contributed by atoms with Crippen molar-refractivity contribution in [3.63, 3.8) is 0 Å². The molecule has 1 aromatic carbocycles. The van der Waals surface area contributed by atoms with E-state index < -0.39 is 0 Å². The van der Waals surface area contributed by atoms with Crippen LogP contribution in [0.2, 0.25) is 0 Å². The molecule has 0 unspecified atom stereocenters. The SMILES string of the molecule is COc1cc(C(N)=S)ccc1NC(=O)CC1CCC1. The monoisotopic (exact) mass is 278 g/mol. The molecule has 4 nitrogen and oxygen atoms in total. The summed E-state index contributed by atoms with van der Waals surface area (Å²) in [6.07, 6.45) is 4.14. The molecule has 0 spiro atoms. The van der Waals surface area contributed by atoms with Gasteiger partial charge in [0.25, 0.3) is 0 Å². The van der Waals surface area contributed by atoms with Gasteiger partial charge in [-0.1, -0.05) is 18.6 Å². The molecule has 0 atom stereocenters. The highest BCUT2D eigenvalue weighted by Gasteiger charge is 2.21. The first-order valence-electron chi connectivity index (χ1n) is 6.38. The number of amides is 1. The third-order valence-corrected chi connectivity index (χ3v) is 3.69. The fraction of sp³-hybridized carbons (Fsp3) is 0.429. The normalized spacial score (nSPS) is 14.6. The number of carbonyl (C=O) groups excluding carboxylic acids is 1. The Kier molecular flexibility index (Phi) is 4.37. The molecule has 1 aliphatic rings. The Bertz CT molecular complexity index is 498. The minimum Gasteiger partial charge on any atom is -0.495 e. The van der Waals surface area contributed by atoms with E-state index in [1.54, 1.807) is 25.3 Å². The molecule has 0 aliphatic heterocycles. The summed E-state index contributed by atoms with van der Waals surface area (Å²) in [5.74, 6) is 1.15. The molecule has 0 radical (unpaired) electrons. The van der Waals surface area contributed by atoms with Crippen LogP contribution in [0.25, 0.3) is 0 Å². The van der Waals surface area contributed by atoms with Crippen molar-refractivity contribution in [3.05, 3.63) is 23.8 Å². The van der Waals surface area contributed by atoms with Crippen molar-refractivity contribution in [2.45, 2.75) is 25.7 Å². The summed E-state index contributed by atoms with van der Waals surface area (Å²) in [7, 11) is 1.56. The molecular formula is C14H18N2O2S. The number of ether oxygens (including phenoxy) is 1. The van der Waals surface area contributed by atoms with E-state index in [4.69, 9.17) is 22.7 Å². The van der Waals surface area contributed by atoms with Crippen LogP contribution in [0.5, 0.6) is 5.75 Å². The van der Waals surface area contributed by atoms with Crippen LogP contribution in [0.1, 0.15) is 31.2 Å². The van der Waals surface area contributed by atoms with Gasteiger partial charge in [0.2, 0.25) is 5.91 Å². The summed E-state index contributed by atoms with van der Waals surface area (Å²) < 4.78 is 5.25. The zero-order valence-corrected chi connectivity index (χ0v) is 11.8. The molecule has 1 saturated carbocycles. The average molecular weight is 278 g/mol. The Morgan fingerprint density at radius 3 is 2.79 bits per heavy atom. The van der Waals surface area contributed by atoms with Crippen LogP contribution < -0.4 is 15.8 Å². The summed E-state index contributed by atoms with van der Waals surface area (Å²) in [6, 6.07) is 5.29. The third-order valence-electron chi connectivity index (χ3n) is 3.46. The molecule has 2 rings (SSSR count). The highest BCUT2D eigenvalue weighted by molar-refractivity contribution is 7.80. The van der Waals surface area contributed by atoms with Crippen molar-refractivity contribution in [3.8, 4) is 5.75 Å². The van der Waals surface area contributed by atoms with E-state index in [1.165, 1.54) is 6.42 Å². The van der Waals surface area contributed by atoms with Gasteiger partial charge in [0.15, 0.2) is 0 Å². The number of thiocarbonyl (C=S) groups is 1. The molecule has 1 fully saturated rings. The number of carbonyl (C=O) groups is 1. The van der Waals surface area contributed by atoms with Crippen molar-refractivity contribution in [2.75, 3.05) is 12.4 Å². The van der Waals surface area contributed by atoms with Crippen LogP contribution in [-0.2, 0) is 4.79 Å². The Labute approximate surface area is 118 Å². The van der Waals surface area contributed by atoms with E-state index in [2.05, 4.69) is 5.32 Å². The summed E-state index contributed by atoms with van der Waals surface area (Å²) in [6.45, 7) is 0. The van der Waals surface area contributed by atoms with Gasteiger partial charge in [-0.3, -0.25) is 4.79 Å². The van der Waals surface area contributed by atoms with Crippen molar-refractivity contribution in [1.29, 1.82) is 0 Å². The maximum absolute atomic E-state index is 11.9. The fourth-order valence-corrected chi connectivity index (χ4v) is 2.24. The summed E-state index contributed by atoms with van der Waals surface area (Å²) in [5.41, 5.74) is 6.95. The predicted molar refractivity (Wildman–Crippen MR) is 79.5 cm³/mol. The van der Waals surface area contributed by atoms with Crippen molar-refractivity contribution in [1.82, 2.24) is 0 Å². The lowest BCUT2D eigenvalue weighted by atomic mass is 9.83. The van der Waals surface area contributed by atoms with E-state index in [9.17, 15) is 4.79 Å². The van der Waals surface area contributed by atoms with Gasteiger partial charge in [-0.2, -0.15) is 0 Å². The van der Waals surface area contributed by atoms with Crippen LogP contribution in [0.4, 0.5) is 5.69 Å². The van der Waals surface area contributed by atoms with Gasteiger partial charge in [0.05, 0.1) is 12.8 Å². The smallest absolute Gasteiger partial charge is 0.224 e. The van der Waals surface area contributed by atoms with Crippen LogP contribution in [-0.4, -0.2) is 18.0 Å². The summed E-state index contributed by atoms with van der Waals surface area (Å²) in [4.78, 5) is 12.2. The molecule has 1 aliphatic carbocycles. The second-order valence-corrected chi connectivity index (χ2v) is 5.27. The second-order valence-electron chi connectivity index (χ2n) is 4.83. The number of methoxy groups -OCH3 is 1. The van der Waals surface area contributed by atoms with Gasteiger partial charge < -0.3 is 15.8 Å². The van der Waals surface area contributed by atoms with Crippen molar-refractivity contribution in [2.24, 2.45) is 11.7 Å². The van der Waals surface area contributed by atoms with Gasteiger partial charge in [0, 0.05) is 12.0 Å². The van der Waals surface area contributed by atoms with E-state index in [-0.39, 0.29) is 5.91 Å². The number of nitrogens with one attached hydrogen (secondary N) is 1. The predicted octanol–water partition coefficient (Wildman–Crippen LogP) is 2.46. The second kappa shape index (κ2) is 6.02. The Morgan fingerprint density at radius 2 is 2.26 bits per heavy atom. The lowest BCUT2D eigenvalue weighted by Crippen LogP contribution is -2.21. The van der Waals surface area contributed by atoms with Crippen molar-refractivity contribution < 1.29 is 9.53 Å². The maximum Gasteiger partial charge on any atom is 0.224 e. The Hall–Kier alpha value is -1.62.